The predicted molar refractivity (Wildman–Crippen MR) is 131 cm³/mol. The molecule has 2 aromatic carbocycles. The Morgan fingerprint density at radius 2 is 1.91 bits per heavy atom. The summed E-state index contributed by atoms with van der Waals surface area (Å²) in [4.78, 5) is 25.6. The summed E-state index contributed by atoms with van der Waals surface area (Å²) in [7, 11) is -7.88. The maximum Gasteiger partial charge on any atom is 1.00 e. The van der Waals surface area contributed by atoms with Gasteiger partial charge in [-0.15, -0.1) is 0 Å². The number of fused-ring (bicyclic) bond motifs is 3. The van der Waals surface area contributed by atoms with Gasteiger partial charge < -0.3 is 20.9 Å². The number of aryl methyl sites for hydroxylation is 1. The maximum atomic E-state index is 12.4. The first-order valence-corrected chi connectivity index (χ1v) is 13.8. The molecule has 4 aromatic rings. The summed E-state index contributed by atoms with van der Waals surface area (Å²) in [6.45, 7) is 3.60. The molecule has 3 N–H and O–H groups in total. The minimum Gasteiger partial charge on any atom is -1.00 e. The molecule has 0 saturated carbocycles. The fraction of sp³-hybridized carbons (Fsp3) is 0.261. The van der Waals surface area contributed by atoms with E-state index >= 15 is 0 Å². The van der Waals surface area contributed by atoms with E-state index in [1.165, 1.54) is 0 Å². The summed E-state index contributed by atoms with van der Waals surface area (Å²) in [6.07, 6.45) is 2.04. The molecule has 2 aromatic heterocycles. The van der Waals surface area contributed by atoms with Crippen molar-refractivity contribution >= 4 is 39.6 Å². The van der Waals surface area contributed by atoms with Crippen LogP contribution in [-0.4, -0.2) is 47.1 Å². The fourth-order valence-corrected chi connectivity index (χ4v) is 5.07. The van der Waals surface area contributed by atoms with E-state index in [9.17, 15) is 13.0 Å². The third kappa shape index (κ3) is 6.34. The SMILES string of the molecule is CCS(=O)(=O)c1cccc(-c2ccc(OCCCOP(=O)(O)O)c3[nH]c4ncc(C)cc4c23)c1.[H-].[Na+]. The van der Waals surface area contributed by atoms with Crippen molar-refractivity contribution in [3.05, 3.63) is 54.2 Å². The van der Waals surface area contributed by atoms with Crippen molar-refractivity contribution in [1.82, 2.24) is 9.97 Å². The molecule has 0 bridgehead atoms. The zero-order valence-electron chi connectivity index (χ0n) is 20.7. The van der Waals surface area contributed by atoms with Gasteiger partial charge in [0, 0.05) is 23.4 Å². The number of hydrogen-bond acceptors (Lipinski definition) is 6. The number of sulfone groups is 1. The molecule has 182 valence electrons. The third-order valence-corrected chi connectivity index (χ3v) is 7.65. The Kier molecular flexibility index (Phi) is 8.83. The van der Waals surface area contributed by atoms with Crippen LogP contribution in [0, 0.1) is 6.92 Å². The van der Waals surface area contributed by atoms with E-state index < -0.39 is 17.7 Å². The van der Waals surface area contributed by atoms with Crippen LogP contribution in [0.15, 0.2) is 53.6 Å². The molecule has 0 saturated heterocycles. The standard InChI is InChI=1S/C23H25N2O7PS.Na.H/c1-3-34(29,30)17-7-4-6-16(13-17)18-8-9-20(31-10-5-11-32-33(26,27)28)22-21(18)19-12-15(2)14-24-23(19)25-22;;/h4,6-9,12-14H,3,5,10-11H2,1-2H3,(H,24,25)(H2,26,27,28);;/q;+1;-1. The third-order valence-electron chi connectivity index (χ3n) is 5.39. The van der Waals surface area contributed by atoms with Gasteiger partial charge in [0.15, 0.2) is 9.84 Å². The number of nitrogens with zero attached hydrogens (tertiary/aromatic N) is 1. The van der Waals surface area contributed by atoms with Crippen molar-refractivity contribution in [2.45, 2.75) is 25.2 Å². The van der Waals surface area contributed by atoms with Gasteiger partial charge in [0.05, 0.1) is 29.4 Å². The van der Waals surface area contributed by atoms with Gasteiger partial charge >= 0.3 is 37.4 Å². The number of aromatic nitrogens is 2. The minimum atomic E-state index is -4.51. The molecule has 0 spiro atoms. The van der Waals surface area contributed by atoms with Crippen LogP contribution in [0.2, 0.25) is 0 Å². The molecule has 0 aliphatic carbocycles. The van der Waals surface area contributed by atoms with Crippen LogP contribution in [-0.2, 0) is 18.9 Å². The van der Waals surface area contributed by atoms with Crippen molar-refractivity contribution in [3.63, 3.8) is 0 Å². The van der Waals surface area contributed by atoms with Crippen LogP contribution < -0.4 is 34.3 Å². The maximum absolute atomic E-state index is 12.4. The number of hydrogen-bond donors (Lipinski definition) is 3. The van der Waals surface area contributed by atoms with E-state index in [0.29, 0.717) is 16.9 Å². The van der Waals surface area contributed by atoms with Gasteiger partial charge in [0.1, 0.15) is 11.4 Å². The number of ether oxygens (including phenoxy) is 1. The molecular formula is C23H26N2NaO7PS. The predicted octanol–water partition coefficient (Wildman–Crippen LogP) is 1.48. The van der Waals surface area contributed by atoms with Crippen LogP contribution in [0.4, 0.5) is 0 Å². The van der Waals surface area contributed by atoms with Gasteiger partial charge in [-0.05, 0) is 53.9 Å². The van der Waals surface area contributed by atoms with Gasteiger partial charge in [0.25, 0.3) is 0 Å². The van der Waals surface area contributed by atoms with Gasteiger partial charge in [0.2, 0.25) is 0 Å². The number of H-pyrrole nitrogens is 1. The van der Waals surface area contributed by atoms with Crippen molar-refractivity contribution < 1.29 is 63.0 Å². The summed E-state index contributed by atoms with van der Waals surface area (Å²) in [5, 5.41) is 1.73. The topological polar surface area (TPSA) is 139 Å². The quantitative estimate of drug-likeness (QED) is 0.169. The number of phosphoric acid groups is 1. The largest absolute Gasteiger partial charge is 1.00 e. The molecule has 35 heavy (non-hydrogen) atoms. The molecule has 0 amide bonds. The van der Waals surface area contributed by atoms with E-state index in [0.717, 1.165) is 27.5 Å². The molecule has 12 heteroatoms. The van der Waals surface area contributed by atoms with Gasteiger partial charge in [-0.3, -0.25) is 4.52 Å². The van der Waals surface area contributed by atoms with Crippen LogP contribution in [0.5, 0.6) is 5.75 Å². The first-order valence-electron chi connectivity index (χ1n) is 10.7. The first kappa shape index (κ1) is 27.8. The normalized spacial score (nSPS) is 12.1. The molecule has 9 nitrogen and oxygen atoms in total. The van der Waals surface area contributed by atoms with E-state index in [4.69, 9.17) is 14.5 Å². The molecule has 0 aliphatic heterocycles. The van der Waals surface area contributed by atoms with Gasteiger partial charge in [-0.2, -0.15) is 0 Å². The Morgan fingerprint density at radius 1 is 1.14 bits per heavy atom. The molecule has 0 aliphatic rings. The number of phosphoric ester groups is 1. The van der Waals surface area contributed by atoms with E-state index in [2.05, 4.69) is 14.5 Å². The van der Waals surface area contributed by atoms with Crippen molar-refractivity contribution in [3.8, 4) is 16.9 Å². The molecule has 2 heterocycles. The Labute approximate surface area is 226 Å². The average Bonchev–Trinajstić information content (AvgIpc) is 3.17. The van der Waals surface area contributed by atoms with E-state index in [1.807, 2.05) is 25.1 Å². The van der Waals surface area contributed by atoms with Gasteiger partial charge in [-0.25, -0.2) is 18.0 Å². The molecule has 0 atom stereocenters. The van der Waals surface area contributed by atoms with Crippen LogP contribution in [0.3, 0.4) is 0 Å². The summed E-state index contributed by atoms with van der Waals surface area (Å²) in [5.74, 6) is 0.559. The first-order chi connectivity index (χ1) is 16.1. The second-order valence-corrected chi connectivity index (χ2v) is 11.4. The summed E-state index contributed by atoms with van der Waals surface area (Å²) in [5.41, 5.74) is 3.93. The molecule has 4 rings (SSSR count). The smallest absolute Gasteiger partial charge is 1.00 e. The van der Waals surface area contributed by atoms with Crippen LogP contribution >= 0.6 is 7.82 Å². The summed E-state index contributed by atoms with van der Waals surface area (Å²) in [6, 6.07) is 12.5. The second-order valence-electron chi connectivity index (χ2n) is 7.85. The number of nitrogens with one attached hydrogen (secondary N) is 1. The van der Waals surface area contributed by atoms with Crippen molar-refractivity contribution in [1.29, 1.82) is 0 Å². The zero-order valence-corrected chi connectivity index (χ0v) is 23.4. The zero-order chi connectivity index (χ0) is 24.5. The summed E-state index contributed by atoms with van der Waals surface area (Å²) >= 11 is 0. The molecule has 0 radical (unpaired) electrons. The van der Waals surface area contributed by atoms with E-state index in [-0.39, 0.29) is 61.3 Å². The minimum absolute atomic E-state index is 0. The fourth-order valence-electron chi connectivity index (χ4n) is 3.77. The summed E-state index contributed by atoms with van der Waals surface area (Å²) < 4.78 is 46.1. The van der Waals surface area contributed by atoms with E-state index in [1.54, 1.807) is 37.4 Å². The molecule has 0 fully saturated rings. The number of aromatic amines is 1. The van der Waals surface area contributed by atoms with Gasteiger partial charge in [-0.1, -0.05) is 19.1 Å². The Balaban J connectivity index is 0.00000228. The van der Waals surface area contributed by atoms with Crippen LogP contribution in [0.25, 0.3) is 33.1 Å². The Bertz CT molecular complexity index is 1520. The van der Waals surface area contributed by atoms with Crippen LogP contribution in [0.1, 0.15) is 20.3 Å². The van der Waals surface area contributed by atoms with Crippen molar-refractivity contribution in [2.75, 3.05) is 19.0 Å². The average molecular weight is 528 g/mol. The van der Waals surface area contributed by atoms with Crippen molar-refractivity contribution in [2.24, 2.45) is 0 Å². The number of rotatable bonds is 9. The monoisotopic (exact) mass is 528 g/mol. The number of pyridine rings is 1. The Morgan fingerprint density at radius 3 is 2.63 bits per heavy atom. The molecule has 0 unspecified atom stereocenters. The molecular weight excluding hydrogens is 502 g/mol. The Hall–Kier alpha value is -1.75. The second kappa shape index (κ2) is 11.1. The number of benzene rings is 2.